The van der Waals surface area contributed by atoms with Crippen molar-refractivity contribution in [1.29, 1.82) is 0 Å². The minimum Gasteiger partial charge on any atom is -0.465 e. The number of hydrogen-bond acceptors (Lipinski definition) is 8. The maximum absolute atomic E-state index is 12.2. The highest BCUT2D eigenvalue weighted by Crippen LogP contribution is 2.57. The van der Waals surface area contributed by atoms with Crippen molar-refractivity contribution in [2.75, 3.05) is 7.11 Å². The molecule has 5 aliphatic carbocycles. The fraction of sp³-hybridized carbons (Fsp3) is 0.514. The van der Waals surface area contributed by atoms with E-state index in [4.69, 9.17) is 23.7 Å². The second-order valence-corrected chi connectivity index (χ2v) is 14.0. The Kier molecular flexibility index (Phi) is 7.88. The van der Waals surface area contributed by atoms with E-state index in [-0.39, 0.29) is 11.5 Å². The number of esters is 1. The van der Waals surface area contributed by atoms with Crippen LogP contribution in [0.25, 0.3) is 23.0 Å². The molecule has 0 unspecified atom stereocenters. The van der Waals surface area contributed by atoms with Gasteiger partial charge in [-0.25, -0.2) is 9.78 Å². The molecular formula is C37H42N4O5. The third-order valence-corrected chi connectivity index (χ3v) is 10.8. The highest BCUT2D eigenvalue weighted by Gasteiger charge is 2.52. The van der Waals surface area contributed by atoms with Crippen LogP contribution >= 0.6 is 0 Å². The van der Waals surface area contributed by atoms with Gasteiger partial charge in [0.15, 0.2) is 5.69 Å². The molecule has 46 heavy (non-hydrogen) atoms. The third kappa shape index (κ3) is 5.74. The van der Waals surface area contributed by atoms with Gasteiger partial charge in [-0.2, -0.15) is 4.73 Å². The molecule has 5 fully saturated rings. The maximum atomic E-state index is 12.2. The van der Waals surface area contributed by atoms with Crippen molar-refractivity contribution in [3.05, 3.63) is 77.2 Å². The second kappa shape index (κ2) is 12.3. The molecule has 9 nitrogen and oxygen atoms in total. The third-order valence-electron chi connectivity index (χ3n) is 10.8. The molecule has 9 rings (SSSR count). The minimum atomic E-state index is -0.421. The van der Waals surface area contributed by atoms with Crippen LogP contribution in [0.4, 0.5) is 0 Å². The predicted octanol–water partition coefficient (Wildman–Crippen LogP) is 7.55. The number of ether oxygens (including phenoxy) is 2. The molecule has 5 aliphatic rings. The molecule has 2 aromatic heterocycles. The lowest BCUT2D eigenvalue weighted by molar-refractivity contribution is -0.169. The number of carbonyl (C=O) groups is 1. The summed E-state index contributed by atoms with van der Waals surface area (Å²) in [7, 11) is 1.37. The van der Waals surface area contributed by atoms with Crippen molar-refractivity contribution >= 4 is 5.97 Å². The van der Waals surface area contributed by atoms with E-state index in [9.17, 15) is 4.79 Å². The van der Waals surface area contributed by atoms with Crippen LogP contribution in [0.1, 0.15) is 104 Å². The van der Waals surface area contributed by atoms with Gasteiger partial charge in [0.2, 0.25) is 5.89 Å². The van der Waals surface area contributed by atoms with Crippen LogP contribution in [0, 0.1) is 17.8 Å². The first-order valence-corrected chi connectivity index (χ1v) is 17.0. The molecule has 0 saturated heterocycles. The summed E-state index contributed by atoms with van der Waals surface area (Å²) in [5.74, 6) is 3.75. The molecule has 2 heterocycles. The van der Waals surface area contributed by atoms with E-state index in [1.54, 1.807) is 18.2 Å². The summed E-state index contributed by atoms with van der Waals surface area (Å²) in [4.78, 5) is 24.1. The molecule has 0 radical (unpaired) electrons. The zero-order valence-corrected chi connectivity index (χ0v) is 26.5. The van der Waals surface area contributed by atoms with Gasteiger partial charge >= 0.3 is 5.97 Å². The summed E-state index contributed by atoms with van der Waals surface area (Å²) in [6.07, 6.45) is 13.3. The molecule has 0 aliphatic heterocycles. The Morgan fingerprint density at radius 3 is 2.33 bits per heavy atom. The Bertz CT molecular complexity index is 1650. The van der Waals surface area contributed by atoms with Gasteiger partial charge < -0.3 is 18.7 Å². The number of hydrogen-bond donors (Lipinski definition) is 0. The van der Waals surface area contributed by atoms with Crippen molar-refractivity contribution in [2.24, 2.45) is 17.8 Å². The molecule has 9 heteroatoms. The van der Waals surface area contributed by atoms with E-state index >= 15 is 0 Å². The van der Waals surface area contributed by atoms with Crippen molar-refractivity contribution < 1.29 is 23.5 Å². The van der Waals surface area contributed by atoms with Gasteiger partial charge in [-0.3, -0.25) is 0 Å². The summed E-state index contributed by atoms with van der Waals surface area (Å²) in [5.41, 5.74) is 3.48. The van der Waals surface area contributed by atoms with Gasteiger partial charge in [-0.1, -0.05) is 55.7 Å². The smallest absolute Gasteiger partial charge is 0.337 e. The molecular weight excluding hydrogens is 580 g/mol. The molecule has 2 aromatic carbocycles. The highest BCUT2D eigenvalue weighted by molar-refractivity contribution is 5.90. The van der Waals surface area contributed by atoms with E-state index in [1.807, 2.05) is 29.0 Å². The molecule has 0 N–H and O–H groups in total. The minimum absolute atomic E-state index is 0.0694. The quantitative estimate of drug-likeness (QED) is 0.167. The molecule has 4 bridgehead atoms. The zero-order valence-electron chi connectivity index (χ0n) is 26.5. The van der Waals surface area contributed by atoms with E-state index in [0.29, 0.717) is 41.8 Å². The lowest BCUT2D eigenvalue weighted by Crippen LogP contribution is -2.51. The summed E-state index contributed by atoms with van der Waals surface area (Å²) in [6, 6.07) is 17.2. The van der Waals surface area contributed by atoms with Gasteiger partial charge in [0.05, 0.1) is 24.9 Å². The van der Waals surface area contributed by atoms with E-state index in [1.165, 1.54) is 45.6 Å². The van der Waals surface area contributed by atoms with E-state index in [2.05, 4.69) is 22.3 Å². The van der Waals surface area contributed by atoms with Crippen LogP contribution < -0.4 is 4.84 Å². The number of benzene rings is 2. The van der Waals surface area contributed by atoms with Crippen molar-refractivity contribution in [1.82, 2.24) is 19.9 Å². The topological polar surface area (TPSA) is 102 Å². The van der Waals surface area contributed by atoms with Crippen LogP contribution in [0.5, 0.6) is 0 Å². The summed E-state index contributed by atoms with van der Waals surface area (Å²) >= 11 is 0. The SMILES string of the molecule is COC(=O)c1cccc(-c2nnc(-c3c(COC45CC6CC(CC(C6)C4)C5)nc(C4CCCCC4)n3OCc3ccccc3)o2)c1. The highest BCUT2D eigenvalue weighted by atomic mass is 16.7. The molecule has 4 aromatic rings. The summed E-state index contributed by atoms with van der Waals surface area (Å²) < 4.78 is 20.2. The Morgan fingerprint density at radius 1 is 0.891 bits per heavy atom. The number of nitrogens with zero attached hydrogens (tertiary/aromatic N) is 4. The number of aromatic nitrogens is 4. The number of methoxy groups -OCH3 is 1. The van der Waals surface area contributed by atoms with Gasteiger partial charge in [0.1, 0.15) is 18.1 Å². The lowest BCUT2D eigenvalue weighted by Gasteiger charge is -2.56. The molecule has 5 saturated carbocycles. The number of rotatable bonds is 10. The fourth-order valence-electron chi connectivity index (χ4n) is 9.00. The monoisotopic (exact) mass is 622 g/mol. The van der Waals surface area contributed by atoms with E-state index in [0.717, 1.165) is 66.9 Å². The van der Waals surface area contributed by atoms with E-state index < -0.39 is 5.97 Å². The van der Waals surface area contributed by atoms with Gasteiger partial charge in [0, 0.05) is 11.5 Å². The Hall–Kier alpha value is -3.98. The normalized spacial score (nSPS) is 25.5. The molecule has 240 valence electrons. The Morgan fingerprint density at radius 2 is 1.61 bits per heavy atom. The van der Waals surface area contributed by atoms with Crippen molar-refractivity contribution in [2.45, 2.75) is 95.4 Å². The average Bonchev–Trinajstić information content (AvgIpc) is 3.71. The fourth-order valence-corrected chi connectivity index (χ4v) is 9.00. The summed E-state index contributed by atoms with van der Waals surface area (Å²) in [6.45, 7) is 0.750. The second-order valence-electron chi connectivity index (χ2n) is 14.0. The first-order valence-electron chi connectivity index (χ1n) is 17.0. The van der Waals surface area contributed by atoms with Crippen LogP contribution in [0.2, 0.25) is 0 Å². The lowest BCUT2D eigenvalue weighted by atomic mass is 9.54. The summed E-state index contributed by atoms with van der Waals surface area (Å²) in [5, 5.41) is 8.96. The van der Waals surface area contributed by atoms with Crippen LogP contribution in [-0.4, -0.2) is 38.6 Å². The van der Waals surface area contributed by atoms with Gasteiger partial charge in [0.25, 0.3) is 5.89 Å². The van der Waals surface area contributed by atoms with Gasteiger partial charge in [-0.15, -0.1) is 10.2 Å². The number of carbonyl (C=O) groups excluding carboxylic acids is 1. The average molecular weight is 623 g/mol. The maximum Gasteiger partial charge on any atom is 0.337 e. The van der Waals surface area contributed by atoms with Crippen LogP contribution in [0.3, 0.4) is 0 Å². The largest absolute Gasteiger partial charge is 0.465 e. The molecule has 0 atom stereocenters. The zero-order chi connectivity index (χ0) is 31.1. The van der Waals surface area contributed by atoms with Crippen molar-refractivity contribution in [3.8, 4) is 23.0 Å². The van der Waals surface area contributed by atoms with Crippen molar-refractivity contribution in [3.63, 3.8) is 0 Å². The Balaban J connectivity index is 1.18. The predicted molar refractivity (Wildman–Crippen MR) is 171 cm³/mol. The van der Waals surface area contributed by atoms with Gasteiger partial charge in [-0.05, 0) is 92.9 Å². The van der Waals surface area contributed by atoms with Crippen LogP contribution in [0.15, 0.2) is 59.0 Å². The Labute approximate surface area is 269 Å². The first kappa shape index (κ1) is 29.4. The number of imidazole rings is 1. The standard InChI is InChI=1S/C37H42N4O5/c1-43-36(42)30-14-8-13-29(18-30)34-39-40-35(46-34)32-31(23-44-37-19-25-15-26(20-37)17-27(16-25)21-37)38-33(28-11-6-3-7-12-28)41(32)45-22-24-9-4-2-5-10-24/h2,4-5,8-10,13-14,18,25-28H,3,6-7,11-12,15-17,19-23H2,1H3. The van der Waals surface area contributed by atoms with Crippen LogP contribution in [-0.2, 0) is 22.7 Å². The first-order chi connectivity index (χ1) is 22.6. The molecule has 0 amide bonds. The molecule has 0 spiro atoms.